The fourth-order valence-corrected chi connectivity index (χ4v) is 1.97. The monoisotopic (exact) mass is 256 g/mol. The topological polar surface area (TPSA) is 66.2 Å². The number of nitrogens with zero attached hydrogens (tertiary/aromatic N) is 2. The summed E-state index contributed by atoms with van der Waals surface area (Å²) in [5, 5.41) is 18.2. The van der Waals surface area contributed by atoms with Crippen LogP contribution in [-0.2, 0) is 6.42 Å². The van der Waals surface area contributed by atoms with Gasteiger partial charge in [0, 0.05) is 23.8 Å². The van der Waals surface area contributed by atoms with Crippen LogP contribution in [0.5, 0.6) is 0 Å². The molecule has 0 radical (unpaired) electrons. The molecule has 2 N–H and O–H groups in total. The quantitative estimate of drug-likeness (QED) is 0.780. The second kappa shape index (κ2) is 6.45. The van der Waals surface area contributed by atoms with Gasteiger partial charge in [0.05, 0.1) is 0 Å². The van der Waals surface area contributed by atoms with Crippen molar-refractivity contribution in [1.82, 2.24) is 9.97 Å². The minimum absolute atomic E-state index is 0.353. The number of hydrogen-bond donors (Lipinski definition) is 2. The summed E-state index contributed by atoms with van der Waals surface area (Å²) in [6.45, 7) is 2.13. The van der Waals surface area contributed by atoms with E-state index in [4.69, 9.17) is 10.0 Å². The van der Waals surface area contributed by atoms with Gasteiger partial charge in [0.25, 0.3) is 0 Å². The molecule has 19 heavy (non-hydrogen) atoms. The van der Waals surface area contributed by atoms with E-state index >= 15 is 0 Å². The van der Waals surface area contributed by atoms with Gasteiger partial charge in [-0.2, -0.15) is 0 Å². The lowest BCUT2D eigenvalue weighted by molar-refractivity contribution is 0.425. The third kappa shape index (κ3) is 3.87. The highest BCUT2D eigenvalue weighted by Gasteiger charge is 2.12. The van der Waals surface area contributed by atoms with E-state index < -0.39 is 7.12 Å². The summed E-state index contributed by atoms with van der Waals surface area (Å²) in [6.07, 6.45) is 5.12. The predicted molar refractivity (Wildman–Crippen MR) is 75.0 cm³/mol. The van der Waals surface area contributed by atoms with Crippen molar-refractivity contribution in [3.8, 4) is 0 Å². The standard InChI is InChI=1S/C14H17BN2O2/c1-11(14-4-2-3-8-17-14)5-6-13-10-12(15(18)19)7-9-16-13/h2-4,7-11,18-19H,5-6H2,1H3. The van der Waals surface area contributed by atoms with E-state index in [-0.39, 0.29) is 0 Å². The maximum atomic E-state index is 9.12. The molecule has 0 aliphatic carbocycles. The Labute approximate surface area is 113 Å². The first-order valence-electron chi connectivity index (χ1n) is 6.38. The fourth-order valence-electron chi connectivity index (χ4n) is 1.97. The van der Waals surface area contributed by atoms with Crippen LogP contribution in [0.25, 0.3) is 0 Å². The molecule has 5 heteroatoms. The zero-order valence-electron chi connectivity index (χ0n) is 10.9. The molecule has 2 heterocycles. The van der Waals surface area contributed by atoms with Crippen molar-refractivity contribution in [2.75, 3.05) is 0 Å². The molecule has 2 aromatic heterocycles. The number of rotatable bonds is 5. The van der Waals surface area contributed by atoms with Crippen molar-refractivity contribution in [3.05, 3.63) is 54.1 Å². The Hall–Kier alpha value is -1.72. The molecule has 1 unspecified atom stereocenters. The van der Waals surface area contributed by atoms with E-state index in [1.807, 2.05) is 18.2 Å². The van der Waals surface area contributed by atoms with Gasteiger partial charge in [-0.05, 0) is 48.5 Å². The molecule has 0 aromatic carbocycles. The number of aromatic nitrogens is 2. The maximum absolute atomic E-state index is 9.12. The first-order chi connectivity index (χ1) is 9.16. The molecule has 1 atom stereocenters. The summed E-state index contributed by atoms with van der Waals surface area (Å²) >= 11 is 0. The Morgan fingerprint density at radius 2 is 2.00 bits per heavy atom. The lowest BCUT2D eigenvalue weighted by atomic mass is 9.80. The second-order valence-electron chi connectivity index (χ2n) is 4.65. The number of aryl methyl sites for hydroxylation is 1. The Balaban J connectivity index is 1.97. The first kappa shape index (κ1) is 13.7. The Kier molecular flexibility index (Phi) is 4.66. The largest absolute Gasteiger partial charge is 0.488 e. The summed E-state index contributed by atoms with van der Waals surface area (Å²) < 4.78 is 0. The average molecular weight is 256 g/mol. The normalized spacial score (nSPS) is 12.2. The minimum atomic E-state index is -1.44. The lowest BCUT2D eigenvalue weighted by Crippen LogP contribution is -2.30. The van der Waals surface area contributed by atoms with Crippen LogP contribution in [0.15, 0.2) is 42.7 Å². The van der Waals surface area contributed by atoms with E-state index in [0.29, 0.717) is 11.4 Å². The Bertz CT molecular complexity index is 520. The van der Waals surface area contributed by atoms with Crippen LogP contribution in [0.3, 0.4) is 0 Å². The van der Waals surface area contributed by atoms with Crippen molar-refractivity contribution in [3.63, 3.8) is 0 Å². The van der Waals surface area contributed by atoms with Crippen molar-refractivity contribution in [2.24, 2.45) is 0 Å². The predicted octanol–water partition coefficient (Wildman–Crippen LogP) is 0.893. The summed E-state index contributed by atoms with van der Waals surface area (Å²) in [6, 6.07) is 9.25. The molecular weight excluding hydrogens is 239 g/mol. The van der Waals surface area contributed by atoms with E-state index in [9.17, 15) is 0 Å². The van der Waals surface area contributed by atoms with Crippen LogP contribution < -0.4 is 5.46 Å². The van der Waals surface area contributed by atoms with Crippen molar-refractivity contribution in [2.45, 2.75) is 25.7 Å². The van der Waals surface area contributed by atoms with E-state index in [2.05, 4.69) is 16.9 Å². The Morgan fingerprint density at radius 3 is 2.68 bits per heavy atom. The zero-order chi connectivity index (χ0) is 13.7. The van der Waals surface area contributed by atoms with Crippen LogP contribution in [0.1, 0.15) is 30.7 Å². The average Bonchev–Trinajstić information content (AvgIpc) is 2.46. The van der Waals surface area contributed by atoms with Gasteiger partial charge < -0.3 is 10.0 Å². The van der Waals surface area contributed by atoms with Crippen LogP contribution in [0, 0.1) is 0 Å². The molecule has 2 rings (SSSR count). The third-order valence-corrected chi connectivity index (χ3v) is 3.16. The summed E-state index contributed by atoms with van der Waals surface area (Å²) in [4.78, 5) is 8.58. The molecule has 0 bridgehead atoms. The minimum Gasteiger partial charge on any atom is -0.423 e. The number of pyridine rings is 2. The summed E-state index contributed by atoms with van der Waals surface area (Å²) in [7, 11) is -1.44. The summed E-state index contributed by atoms with van der Waals surface area (Å²) in [5.74, 6) is 0.353. The zero-order valence-corrected chi connectivity index (χ0v) is 10.9. The van der Waals surface area contributed by atoms with Gasteiger partial charge in [-0.15, -0.1) is 0 Å². The lowest BCUT2D eigenvalue weighted by Gasteiger charge is -2.10. The highest BCUT2D eigenvalue weighted by molar-refractivity contribution is 6.58. The molecule has 0 spiro atoms. The fraction of sp³-hybridized carbons (Fsp3) is 0.286. The van der Waals surface area contributed by atoms with E-state index in [0.717, 1.165) is 24.2 Å². The van der Waals surface area contributed by atoms with Crippen LogP contribution in [0.4, 0.5) is 0 Å². The van der Waals surface area contributed by atoms with Gasteiger partial charge in [-0.25, -0.2) is 0 Å². The highest BCUT2D eigenvalue weighted by atomic mass is 16.4. The van der Waals surface area contributed by atoms with Crippen molar-refractivity contribution < 1.29 is 10.0 Å². The SMILES string of the molecule is CC(CCc1cc(B(O)O)ccn1)c1ccccn1. The second-order valence-corrected chi connectivity index (χ2v) is 4.65. The van der Waals surface area contributed by atoms with Gasteiger partial charge in [-0.3, -0.25) is 9.97 Å². The molecule has 0 aliphatic heterocycles. The molecule has 0 saturated heterocycles. The number of hydrogen-bond acceptors (Lipinski definition) is 4. The van der Waals surface area contributed by atoms with Crippen molar-refractivity contribution in [1.29, 1.82) is 0 Å². The van der Waals surface area contributed by atoms with Gasteiger partial charge >= 0.3 is 7.12 Å². The smallest absolute Gasteiger partial charge is 0.423 e. The van der Waals surface area contributed by atoms with Crippen LogP contribution in [-0.4, -0.2) is 27.1 Å². The van der Waals surface area contributed by atoms with E-state index in [1.165, 1.54) is 0 Å². The van der Waals surface area contributed by atoms with Gasteiger partial charge in [0.15, 0.2) is 0 Å². The highest BCUT2D eigenvalue weighted by Crippen LogP contribution is 2.17. The van der Waals surface area contributed by atoms with Crippen LogP contribution in [0.2, 0.25) is 0 Å². The molecule has 0 amide bonds. The van der Waals surface area contributed by atoms with Crippen LogP contribution >= 0.6 is 0 Å². The first-order valence-corrected chi connectivity index (χ1v) is 6.38. The molecule has 98 valence electrons. The molecule has 0 saturated carbocycles. The van der Waals surface area contributed by atoms with Gasteiger partial charge in [0.2, 0.25) is 0 Å². The Morgan fingerprint density at radius 1 is 1.16 bits per heavy atom. The molecule has 0 aliphatic rings. The molecule has 4 nitrogen and oxygen atoms in total. The molecule has 0 fully saturated rings. The molecule has 2 aromatic rings. The summed E-state index contributed by atoms with van der Waals surface area (Å²) in [5.41, 5.74) is 2.42. The van der Waals surface area contributed by atoms with E-state index in [1.54, 1.807) is 24.5 Å². The van der Waals surface area contributed by atoms with Gasteiger partial charge in [-0.1, -0.05) is 13.0 Å². The third-order valence-electron chi connectivity index (χ3n) is 3.16. The maximum Gasteiger partial charge on any atom is 0.488 e. The van der Waals surface area contributed by atoms with Crippen molar-refractivity contribution >= 4 is 12.6 Å². The molecular formula is C14H17BN2O2. The van der Waals surface area contributed by atoms with Gasteiger partial charge in [0.1, 0.15) is 0 Å².